The van der Waals surface area contributed by atoms with E-state index in [0.717, 1.165) is 16.6 Å². The number of ether oxygens (including phenoxy) is 2. The first-order valence-electron chi connectivity index (χ1n) is 13.6. The average molecular weight is 608 g/mol. The number of nitrogens with zero attached hydrogens (tertiary/aromatic N) is 3. The van der Waals surface area contributed by atoms with Gasteiger partial charge in [0.2, 0.25) is 17.7 Å². The number of nitrogens with one attached hydrogen (secondary N) is 1. The second-order valence-electron chi connectivity index (χ2n) is 11.6. The Morgan fingerprint density at radius 1 is 1.17 bits per heavy atom. The molecule has 3 N–H and O–H groups in total. The van der Waals surface area contributed by atoms with Crippen molar-refractivity contribution in [1.82, 2.24) is 14.9 Å². The predicted octanol–water partition coefficient (Wildman–Crippen LogP) is 5.69. The number of hydrogen-bond donors (Lipinski definition) is 2. The largest absolute Gasteiger partial charge is 0.494 e. The zero-order chi connectivity index (χ0) is 30.2. The van der Waals surface area contributed by atoms with Gasteiger partial charge in [0, 0.05) is 33.2 Å². The predicted molar refractivity (Wildman–Crippen MR) is 166 cm³/mol. The second kappa shape index (κ2) is 11.8. The number of fused-ring (bicyclic) bond motifs is 1. The van der Waals surface area contributed by atoms with E-state index in [2.05, 4.69) is 10.3 Å². The van der Waals surface area contributed by atoms with Gasteiger partial charge in [0.25, 0.3) is 0 Å². The number of benzene rings is 2. The number of thiazole rings is 1. The van der Waals surface area contributed by atoms with Crippen LogP contribution in [0.15, 0.2) is 54.0 Å². The number of nitrogens with two attached hydrogens (primary N) is 1. The molecule has 4 aromatic rings. The van der Waals surface area contributed by atoms with Crippen molar-refractivity contribution in [2.75, 3.05) is 19.0 Å². The number of amides is 2. The molecule has 3 heterocycles. The molecular weight excluding hydrogens is 574 g/mol. The summed E-state index contributed by atoms with van der Waals surface area (Å²) in [7, 11) is 1.57. The van der Waals surface area contributed by atoms with Crippen LogP contribution in [0.2, 0.25) is 5.02 Å². The van der Waals surface area contributed by atoms with Gasteiger partial charge in [-0.05, 0) is 30.5 Å². The quantitative estimate of drug-likeness (QED) is 0.264. The Labute approximate surface area is 254 Å². The number of aromatic nitrogens is 2. The van der Waals surface area contributed by atoms with E-state index >= 15 is 0 Å². The molecule has 0 saturated carbocycles. The molecule has 3 atom stereocenters. The fourth-order valence-electron chi connectivity index (χ4n) is 5.11. The smallest absolute Gasteiger partial charge is 0.246 e. The van der Waals surface area contributed by atoms with Crippen molar-refractivity contribution in [3.8, 4) is 22.9 Å². The highest BCUT2D eigenvalue weighted by Crippen LogP contribution is 2.36. The standard InChI is InChI=1S/C31H34ClN5O4S/c1-17-6-8-18(9-7-17)23-16-42-30(35-23)36-26(31(2,3)4)29(39)37-15-20(13-24(37)27(33)38)41-28-22-12-19(32)10-11-21(22)25(40-5)14-34-28/h6-12,14,16,20,24,26H,13,15H2,1-5H3,(H2,33,38)(H,35,36)/t20-,24+,26-/m1/s1. The summed E-state index contributed by atoms with van der Waals surface area (Å²) in [5.74, 6) is 0.0838. The van der Waals surface area contributed by atoms with Gasteiger partial charge in [0.1, 0.15) is 23.9 Å². The Morgan fingerprint density at radius 2 is 1.90 bits per heavy atom. The van der Waals surface area contributed by atoms with Crippen molar-refractivity contribution >= 4 is 50.7 Å². The summed E-state index contributed by atoms with van der Waals surface area (Å²) in [4.78, 5) is 37.3. The van der Waals surface area contributed by atoms with Gasteiger partial charge < -0.3 is 25.4 Å². The second-order valence-corrected chi connectivity index (χ2v) is 12.8. The lowest BCUT2D eigenvalue weighted by molar-refractivity contribution is -0.139. The fraction of sp³-hybridized carbons (Fsp3) is 0.355. The molecule has 0 bridgehead atoms. The number of methoxy groups -OCH3 is 1. The minimum atomic E-state index is -0.832. The first-order valence-corrected chi connectivity index (χ1v) is 14.9. The van der Waals surface area contributed by atoms with Crippen molar-refractivity contribution in [2.45, 2.75) is 52.3 Å². The van der Waals surface area contributed by atoms with Gasteiger partial charge in [0.15, 0.2) is 5.13 Å². The Morgan fingerprint density at radius 3 is 2.57 bits per heavy atom. The van der Waals surface area contributed by atoms with Crippen LogP contribution in [-0.2, 0) is 9.59 Å². The first-order chi connectivity index (χ1) is 19.9. The lowest BCUT2D eigenvalue weighted by Gasteiger charge is -2.34. The molecule has 5 rings (SSSR count). The fourth-order valence-corrected chi connectivity index (χ4v) is 6.03. The minimum Gasteiger partial charge on any atom is -0.494 e. The summed E-state index contributed by atoms with van der Waals surface area (Å²) >= 11 is 7.70. The number of aryl methyl sites for hydroxylation is 1. The van der Waals surface area contributed by atoms with E-state index in [1.165, 1.54) is 21.8 Å². The lowest BCUT2D eigenvalue weighted by Crippen LogP contribution is -2.53. The number of likely N-dealkylation sites (tertiary alicyclic amines) is 1. The van der Waals surface area contributed by atoms with Crippen LogP contribution in [-0.4, -0.2) is 58.5 Å². The van der Waals surface area contributed by atoms with E-state index in [0.29, 0.717) is 27.2 Å². The molecule has 1 aliphatic rings. The number of primary amides is 1. The number of hydrogen-bond acceptors (Lipinski definition) is 8. The van der Waals surface area contributed by atoms with Crippen molar-refractivity contribution in [2.24, 2.45) is 11.1 Å². The summed E-state index contributed by atoms with van der Waals surface area (Å²) < 4.78 is 11.7. The maximum atomic E-state index is 14.1. The maximum absolute atomic E-state index is 14.1. The lowest BCUT2D eigenvalue weighted by atomic mass is 9.85. The van der Waals surface area contributed by atoms with Gasteiger partial charge in [-0.25, -0.2) is 9.97 Å². The van der Waals surface area contributed by atoms with Gasteiger partial charge in [-0.2, -0.15) is 0 Å². The van der Waals surface area contributed by atoms with Gasteiger partial charge in [-0.15, -0.1) is 11.3 Å². The number of pyridine rings is 1. The van der Waals surface area contributed by atoms with Gasteiger partial charge in [-0.1, -0.05) is 62.2 Å². The summed E-state index contributed by atoms with van der Waals surface area (Å²) in [5.41, 5.74) is 8.29. The highest BCUT2D eigenvalue weighted by Gasteiger charge is 2.45. The van der Waals surface area contributed by atoms with Gasteiger partial charge in [-0.3, -0.25) is 9.59 Å². The molecule has 42 heavy (non-hydrogen) atoms. The summed E-state index contributed by atoms with van der Waals surface area (Å²) in [6.45, 7) is 8.12. The normalized spacial score (nSPS) is 17.7. The third-order valence-electron chi connectivity index (χ3n) is 7.38. The SMILES string of the molecule is COc1cnc(O[C@@H]2C[C@@H](C(N)=O)N(C(=O)[C@@H](Nc3nc(-c4ccc(C)cc4)cs3)C(C)(C)C)C2)c2cc(Cl)ccc12. The molecule has 11 heteroatoms. The van der Waals surface area contributed by atoms with Crippen LogP contribution in [0.5, 0.6) is 11.6 Å². The molecule has 220 valence electrons. The highest BCUT2D eigenvalue weighted by atomic mass is 35.5. The van der Waals surface area contributed by atoms with Crippen LogP contribution in [0.3, 0.4) is 0 Å². The molecular formula is C31H34ClN5O4S. The molecule has 2 aromatic carbocycles. The van der Waals surface area contributed by atoms with Crippen molar-refractivity contribution in [3.05, 3.63) is 64.6 Å². The number of halogens is 1. The number of anilines is 1. The number of carbonyl (C=O) groups is 2. The van der Waals surface area contributed by atoms with Crippen LogP contribution in [0, 0.1) is 12.3 Å². The van der Waals surface area contributed by atoms with E-state index in [1.54, 1.807) is 25.4 Å². The molecule has 0 aliphatic carbocycles. The van der Waals surface area contributed by atoms with Crippen molar-refractivity contribution in [3.63, 3.8) is 0 Å². The van der Waals surface area contributed by atoms with E-state index in [-0.39, 0.29) is 18.9 Å². The maximum Gasteiger partial charge on any atom is 0.246 e. The number of carbonyl (C=O) groups excluding carboxylic acids is 2. The molecule has 2 amide bonds. The third-order valence-corrected chi connectivity index (χ3v) is 8.39. The van der Waals surface area contributed by atoms with Crippen LogP contribution in [0.25, 0.3) is 22.0 Å². The van der Waals surface area contributed by atoms with Crippen molar-refractivity contribution < 1.29 is 19.1 Å². The zero-order valence-electron chi connectivity index (χ0n) is 24.2. The Balaban J connectivity index is 1.38. The molecule has 1 fully saturated rings. The Kier molecular flexibility index (Phi) is 8.30. The first kappa shape index (κ1) is 29.6. The highest BCUT2D eigenvalue weighted by molar-refractivity contribution is 7.14. The molecule has 0 spiro atoms. The summed E-state index contributed by atoms with van der Waals surface area (Å²) in [6.07, 6.45) is 1.30. The van der Waals surface area contributed by atoms with Crippen LogP contribution >= 0.6 is 22.9 Å². The van der Waals surface area contributed by atoms with E-state index in [4.69, 9.17) is 31.8 Å². The van der Waals surface area contributed by atoms with E-state index in [1.807, 2.05) is 63.4 Å². The third kappa shape index (κ3) is 6.15. The van der Waals surface area contributed by atoms with Crippen LogP contribution < -0.4 is 20.5 Å². The summed E-state index contributed by atoms with van der Waals surface area (Å²) in [6, 6.07) is 12.0. The molecule has 1 aliphatic heterocycles. The molecule has 1 saturated heterocycles. The zero-order valence-corrected chi connectivity index (χ0v) is 25.8. The Hall–Kier alpha value is -3.89. The van der Waals surface area contributed by atoms with E-state index in [9.17, 15) is 9.59 Å². The topological polar surface area (TPSA) is 120 Å². The minimum absolute atomic E-state index is 0.170. The van der Waals surface area contributed by atoms with Crippen LogP contribution in [0.4, 0.5) is 5.13 Å². The molecule has 2 aromatic heterocycles. The molecule has 0 radical (unpaired) electrons. The van der Waals surface area contributed by atoms with Crippen molar-refractivity contribution in [1.29, 1.82) is 0 Å². The Bertz CT molecular complexity index is 1620. The molecule has 9 nitrogen and oxygen atoms in total. The monoisotopic (exact) mass is 607 g/mol. The summed E-state index contributed by atoms with van der Waals surface area (Å²) in [5, 5.41) is 7.90. The van der Waals surface area contributed by atoms with Gasteiger partial charge >= 0.3 is 0 Å². The van der Waals surface area contributed by atoms with Crippen LogP contribution in [0.1, 0.15) is 32.8 Å². The van der Waals surface area contributed by atoms with E-state index < -0.39 is 29.5 Å². The number of rotatable bonds is 8. The average Bonchev–Trinajstić information content (AvgIpc) is 3.59. The molecule has 0 unspecified atom stereocenters. The van der Waals surface area contributed by atoms with Gasteiger partial charge in [0.05, 0.1) is 25.5 Å².